The lowest BCUT2D eigenvalue weighted by Gasteiger charge is -2.08. The highest BCUT2D eigenvalue weighted by Gasteiger charge is 2.08. The van der Waals surface area contributed by atoms with Crippen LogP contribution in [-0.4, -0.2) is 53.3 Å². The maximum atomic E-state index is 12.0. The number of anilines is 1. The molecule has 0 saturated carbocycles. The molecule has 2 aromatic heterocycles. The second-order valence-corrected chi connectivity index (χ2v) is 6.40. The quantitative estimate of drug-likeness (QED) is 0.475. The van der Waals surface area contributed by atoms with Crippen LogP contribution in [0.3, 0.4) is 0 Å². The van der Waals surface area contributed by atoms with Gasteiger partial charge in [0.1, 0.15) is 6.33 Å². The van der Waals surface area contributed by atoms with Gasteiger partial charge in [-0.1, -0.05) is 23.9 Å². The van der Waals surface area contributed by atoms with Crippen LogP contribution in [0, 0.1) is 0 Å². The first kappa shape index (κ1) is 17.9. The van der Waals surface area contributed by atoms with Gasteiger partial charge in [-0.05, 0) is 24.3 Å². The summed E-state index contributed by atoms with van der Waals surface area (Å²) in [5, 5.41) is 26.4. The molecular formula is C15H19N9OS. The van der Waals surface area contributed by atoms with Crippen molar-refractivity contribution in [2.24, 2.45) is 7.05 Å². The molecule has 0 bridgehead atoms. The Hall–Kier alpha value is -2.95. The molecular weight excluding hydrogens is 354 g/mol. The molecule has 0 spiro atoms. The van der Waals surface area contributed by atoms with Crippen LogP contribution in [0.1, 0.15) is 6.92 Å². The van der Waals surface area contributed by atoms with Crippen molar-refractivity contribution in [3.63, 3.8) is 0 Å². The predicted octanol–water partition coefficient (Wildman–Crippen LogP) is 1.40. The lowest BCUT2D eigenvalue weighted by Crippen LogP contribution is -2.30. The number of amides is 2. The molecule has 2 amide bonds. The van der Waals surface area contributed by atoms with Gasteiger partial charge >= 0.3 is 6.03 Å². The number of carbonyl (C=O) groups is 1. The summed E-state index contributed by atoms with van der Waals surface area (Å²) >= 11 is 1.53. The van der Waals surface area contributed by atoms with Crippen LogP contribution in [0.2, 0.25) is 0 Å². The summed E-state index contributed by atoms with van der Waals surface area (Å²) in [4.78, 5) is 13.5. The zero-order chi connectivity index (χ0) is 18.4. The van der Waals surface area contributed by atoms with E-state index in [4.69, 9.17) is 0 Å². The van der Waals surface area contributed by atoms with E-state index in [1.54, 1.807) is 6.33 Å². The molecule has 2 N–H and O–H groups in total. The maximum absolute atomic E-state index is 12.0. The third-order valence-electron chi connectivity index (χ3n) is 3.40. The van der Waals surface area contributed by atoms with Gasteiger partial charge in [-0.25, -0.2) is 4.79 Å². The summed E-state index contributed by atoms with van der Waals surface area (Å²) in [6, 6.07) is 7.05. The Morgan fingerprint density at radius 1 is 1.31 bits per heavy atom. The molecule has 11 heteroatoms. The van der Waals surface area contributed by atoms with E-state index in [1.165, 1.54) is 16.6 Å². The summed E-state index contributed by atoms with van der Waals surface area (Å²) in [5.74, 6) is 1.22. The average Bonchev–Trinajstić information content (AvgIpc) is 3.28. The summed E-state index contributed by atoms with van der Waals surface area (Å²) < 4.78 is 1.83. The van der Waals surface area contributed by atoms with Crippen LogP contribution >= 0.6 is 11.8 Å². The van der Waals surface area contributed by atoms with Crippen molar-refractivity contribution < 1.29 is 4.79 Å². The van der Waals surface area contributed by atoms with Gasteiger partial charge in [-0.2, -0.15) is 4.80 Å². The van der Waals surface area contributed by atoms with Gasteiger partial charge in [-0.15, -0.1) is 20.4 Å². The second kappa shape index (κ2) is 8.43. The minimum atomic E-state index is -0.272. The van der Waals surface area contributed by atoms with E-state index in [1.807, 2.05) is 42.8 Å². The summed E-state index contributed by atoms with van der Waals surface area (Å²) in [6.07, 6.45) is 1.64. The van der Waals surface area contributed by atoms with Crippen LogP contribution in [0.15, 0.2) is 35.7 Å². The molecule has 0 fully saturated rings. The highest BCUT2D eigenvalue weighted by Crippen LogP contribution is 2.18. The molecule has 0 saturated heterocycles. The fourth-order valence-electron chi connectivity index (χ4n) is 2.11. The van der Waals surface area contributed by atoms with Crippen molar-refractivity contribution in [3.8, 4) is 11.4 Å². The first-order chi connectivity index (χ1) is 12.7. The number of carbonyl (C=O) groups excluding carboxylic acids is 1. The predicted molar refractivity (Wildman–Crippen MR) is 97.7 cm³/mol. The van der Waals surface area contributed by atoms with Crippen molar-refractivity contribution in [3.05, 3.63) is 30.6 Å². The SMILES string of the molecule is CCn1nnc(-c2cccc(NC(=O)NCCSc3nncn3C)c2)n1. The monoisotopic (exact) mass is 373 g/mol. The summed E-state index contributed by atoms with van der Waals surface area (Å²) in [5.41, 5.74) is 1.45. The lowest BCUT2D eigenvalue weighted by molar-refractivity contribution is 0.252. The highest BCUT2D eigenvalue weighted by atomic mass is 32.2. The lowest BCUT2D eigenvalue weighted by atomic mass is 10.2. The minimum Gasteiger partial charge on any atom is -0.337 e. The molecule has 10 nitrogen and oxygen atoms in total. The molecule has 1 aromatic carbocycles. The van der Waals surface area contributed by atoms with Crippen molar-refractivity contribution >= 4 is 23.5 Å². The number of hydrogen-bond acceptors (Lipinski definition) is 7. The van der Waals surface area contributed by atoms with Crippen molar-refractivity contribution in [2.45, 2.75) is 18.6 Å². The topological polar surface area (TPSA) is 115 Å². The van der Waals surface area contributed by atoms with Crippen LogP contribution in [0.25, 0.3) is 11.4 Å². The van der Waals surface area contributed by atoms with E-state index in [9.17, 15) is 4.79 Å². The summed E-state index contributed by atoms with van der Waals surface area (Å²) in [6.45, 7) is 3.10. The standard InChI is InChI=1S/C15H19N9OS/c1-3-24-21-13(19-22-24)11-5-4-6-12(9-11)18-14(25)16-7-8-26-15-20-17-10-23(15)2/h4-6,9-10H,3,7-8H2,1-2H3,(H2,16,18,25). The molecule has 3 aromatic rings. The molecule has 2 heterocycles. The van der Waals surface area contributed by atoms with Gasteiger partial charge in [0.25, 0.3) is 0 Å². The van der Waals surface area contributed by atoms with Gasteiger partial charge < -0.3 is 15.2 Å². The van der Waals surface area contributed by atoms with Gasteiger partial charge in [0.2, 0.25) is 5.82 Å². The second-order valence-electron chi connectivity index (χ2n) is 5.34. The Balaban J connectivity index is 1.49. The summed E-state index contributed by atoms with van der Waals surface area (Å²) in [7, 11) is 1.88. The number of hydrogen-bond donors (Lipinski definition) is 2. The third kappa shape index (κ3) is 4.57. The van der Waals surface area contributed by atoms with E-state index < -0.39 is 0 Å². The normalized spacial score (nSPS) is 10.7. The molecule has 26 heavy (non-hydrogen) atoms. The van der Waals surface area contributed by atoms with Crippen molar-refractivity contribution in [2.75, 3.05) is 17.6 Å². The van der Waals surface area contributed by atoms with Crippen LogP contribution < -0.4 is 10.6 Å². The van der Waals surface area contributed by atoms with Gasteiger partial charge in [0, 0.05) is 30.6 Å². The first-order valence-electron chi connectivity index (χ1n) is 8.05. The number of urea groups is 1. The van der Waals surface area contributed by atoms with Crippen LogP contribution in [0.4, 0.5) is 10.5 Å². The highest BCUT2D eigenvalue weighted by molar-refractivity contribution is 7.99. The molecule has 0 radical (unpaired) electrons. The molecule has 136 valence electrons. The molecule has 0 atom stereocenters. The third-order valence-corrected chi connectivity index (χ3v) is 4.44. The molecule has 3 rings (SSSR count). The fourth-order valence-corrected chi connectivity index (χ4v) is 2.86. The van der Waals surface area contributed by atoms with E-state index in [0.29, 0.717) is 30.4 Å². The molecule has 0 aliphatic rings. The fraction of sp³-hybridized carbons (Fsp3) is 0.333. The van der Waals surface area contributed by atoms with Gasteiger partial charge in [0.15, 0.2) is 5.16 Å². The Morgan fingerprint density at radius 3 is 2.92 bits per heavy atom. The average molecular weight is 373 g/mol. The number of nitrogens with zero attached hydrogens (tertiary/aromatic N) is 7. The number of tetrazole rings is 1. The molecule has 0 aliphatic carbocycles. The maximum Gasteiger partial charge on any atom is 0.319 e. The van der Waals surface area contributed by atoms with Gasteiger partial charge in [0.05, 0.1) is 6.54 Å². The zero-order valence-corrected chi connectivity index (χ0v) is 15.3. The largest absolute Gasteiger partial charge is 0.337 e. The number of aryl methyl sites for hydroxylation is 2. The van der Waals surface area contributed by atoms with Crippen LogP contribution in [0.5, 0.6) is 0 Å². The number of nitrogens with one attached hydrogen (secondary N) is 2. The first-order valence-corrected chi connectivity index (χ1v) is 9.04. The number of rotatable bonds is 7. The van der Waals surface area contributed by atoms with E-state index >= 15 is 0 Å². The molecule has 0 unspecified atom stereocenters. The molecule has 0 aliphatic heterocycles. The van der Waals surface area contributed by atoms with Crippen molar-refractivity contribution in [1.29, 1.82) is 0 Å². The number of aromatic nitrogens is 7. The zero-order valence-electron chi connectivity index (χ0n) is 14.5. The van der Waals surface area contributed by atoms with E-state index in [0.717, 1.165) is 10.7 Å². The Labute approximate surface area is 154 Å². The van der Waals surface area contributed by atoms with Crippen molar-refractivity contribution in [1.82, 2.24) is 40.3 Å². The van der Waals surface area contributed by atoms with Crippen LogP contribution in [-0.2, 0) is 13.6 Å². The Kier molecular flexibility index (Phi) is 5.79. The number of benzene rings is 1. The number of thioether (sulfide) groups is 1. The Morgan fingerprint density at radius 2 is 2.19 bits per heavy atom. The Bertz CT molecular complexity index is 875. The van der Waals surface area contributed by atoms with E-state index in [2.05, 4.69) is 36.2 Å². The smallest absolute Gasteiger partial charge is 0.319 e. The van der Waals surface area contributed by atoms with E-state index in [-0.39, 0.29) is 6.03 Å². The minimum absolute atomic E-state index is 0.272. The van der Waals surface area contributed by atoms with Gasteiger partial charge in [-0.3, -0.25) is 0 Å².